The van der Waals surface area contributed by atoms with Crippen LogP contribution in [-0.2, 0) is 0 Å². The Hall–Kier alpha value is -1.15. The van der Waals surface area contributed by atoms with Gasteiger partial charge in [-0.05, 0) is 38.5 Å². The van der Waals surface area contributed by atoms with E-state index in [1.165, 1.54) is 5.57 Å². The van der Waals surface area contributed by atoms with E-state index in [2.05, 4.69) is 4.98 Å². The highest BCUT2D eigenvalue weighted by Crippen LogP contribution is 2.13. The summed E-state index contributed by atoms with van der Waals surface area (Å²) in [5, 5.41) is 0. The zero-order valence-corrected chi connectivity index (χ0v) is 8.41. The lowest BCUT2D eigenvalue weighted by Gasteiger charge is -2.06. The van der Waals surface area contributed by atoms with Crippen LogP contribution in [0.5, 0.6) is 0 Å². The third-order valence-corrected chi connectivity index (χ3v) is 2.07. The first-order valence-corrected chi connectivity index (χ1v) is 4.51. The van der Waals surface area contributed by atoms with E-state index < -0.39 is 0 Å². The van der Waals surface area contributed by atoms with E-state index in [-0.39, 0.29) is 6.04 Å². The molecule has 0 aliphatic rings. The molecule has 0 aromatic carbocycles. The summed E-state index contributed by atoms with van der Waals surface area (Å²) in [6.45, 7) is 6.00. The van der Waals surface area contributed by atoms with Gasteiger partial charge in [0.25, 0.3) is 0 Å². The summed E-state index contributed by atoms with van der Waals surface area (Å²) >= 11 is 0. The number of nitrogens with zero attached hydrogens (tertiary/aromatic N) is 1. The van der Waals surface area contributed by atoms with Crippen LogP contribution in [0.4, 0.5) is 0 Å². The minimum absolute atomic E-state index is 0.00426. The fraction of sp³-hybridized carbons (Fsp3) is 0.364. The highest BCUT2D eigenvalue weighted by molar-refractivity contribution is 5.59. The van der Waals surface area contributed by atoms with Crippen LogP contribution in [0.2, 0.25) is 0 Å². The third-order valence-electron chi connectivity index (χ3n) is 2.07. The van der Waals surface area contributed by atoms with Crippen molar-refractivity contribution in [3.63, 3.8) is 0 Å². The Morgan fingerprint density at radius 1 is 1.54 bits per heavy atom. The predicted octanol–water partition coefficient (Wildman–Crippen LogP) is 2.52. The van der Waals surface area contributed by atoms with E-state index in [1.807, 2.05) is 45.0 Å². The zero-order valence-electron chi connectivity index (χ0n) is 8.41. The lowest BCUT2D eigenvalue weighted by molar-refractivity contribution is 0.779. The summed E-state index contributed by atoms with van der Waals surface area (Å²) in [5.41, 5.74) is 8.88. The number of hydrogen-bond acceptors (Lipinski definition) is 2. The van der Waals surface area contributed by atoms with E-state index in [9.17, 15) is 0 Å². The molecule has 0 bridgehead atoms. The topological polar surface area (TPSA) is 38.9 Å². The van der Waals surface area contributed by atoms with Crippen LogP contribution in [0.3, 0.4) is 0 Å². The molecule has 0 saturated carbocycles. The van der Waals surface area contributed by atoms with Crippen molar-refractivity contribution < 1.29 is 0 Å². The standard InChI is InChI=1S/C11H16N2/c1-4-8(2)10-6-5-7-11(13-10)9(3)12/h4-7,9H,12H2,1-3H3/b8-4+. The van der Waals surface area contributed by atoms with Crippen molar-refractivity contribution in [3.05, 3.63) is 35.7 Å². The number of allylic oxidation sites excluding steroid dienone is 2. The molecule has 0 fully saturated rings. The normalized spacial score (nSPS) is 14.3. The highest BCUT2D eigenvalue weighted by Gasteiger charge is 2.02. The molecule has 1 atom stereocenters. The fourth-order valence-electron chi connectivity index (χ4n) is 1.07. The van der Waals surface area contributed by atoms with Gasteiger partial charge in [0, 0.05) is 6.04 Å². The lowest BCUT2D eigenvalue weighted by atomic mass is 10.1. The van der Waals surface area contributed by atoms with Gasteiger partial charge in [-0.1, -0.05) is 12.1 Å². The number of pyridine rings is 1. The number of aromatic nitrogens is 1. The van der Waals surface area contributed by atoms with Gasteiger partial charge >= 0.3 is 0 Å². The van der Waals surface area contributed by atoms with Crippen molar-refractivity contribution in [2.75, 3.05) is 0 Å². The number of rotatable bonds is 2. The van der Waals surface area contributed by atoms with Crippen molar-refractivity contribution in [2.45, 2.75) is 26.8 Å². The van der Waals surface area contributed by atoms with Crippen LogP contribution in [0, 0.1) is 0 Å². The first-order valence-electron chi connectivity index (χ1n) is 4.51. The Morgan fingerprint density at radius 3 is 2.77 bits per heavy atom. The van der Waals surface area contributed by atoms with Crippen molar-refractivity contribution in [2.24, 2.45) is 5.73 Å². The number of nitrogens with two attached hydrogens (primary N) is 1. The maximum Gasteiger partial charge on any atom is 0.0659 e. The Labute approximate surface area is 79.5 Å². The van der Waals surface area contributed by atoms with Crippen LogP contribution in [-0.4, -0.2) is 4.98 Å². The molecule has 0 spiro atoms. The predicted molar refractivity (Wildman–Crippen MR) is 56.2 cm³/mol. The van der Waals surface area contributed by atoms with E-state index in [0.717, 1.165) is 11.4 Å². The van der Waals surface area contributed by atoms with Crippen molar-refractivity contribution in [3.8, 4) is 0 Å². The quantitative estimate of drug-likeness (QED) is 0.752. The average molecular weight is 176 g/mol. The molecule has 0 saturated heterocycles. The molecule has 2 heteroatoms. The van der Waals surface area contributed by atoms with Crippen molar-refractivity contribution in [1.29, 1.82) is 0 Å². The van der Waals surface area contributed by atoms with Crippen LogP contribution in [0.15, 0.2) is 24.3 Å². The fourth-order valence-corrected chi connectivity index (χ4v) is 1.07. The third kappa shape index (κ3) is 2.39. The van der Waals surface area contributed by atoms with Gasteiger partial charge in [-0.3, -0.25) is 4.98 Å². The second kappa shape index (κ2) is 4.19. The molecule has 0 radical (unpaired) electrons. The molecule has 1 aromatic heterocycles. The van der Waals surface area contributed by atoms with Gasteiger partial charge in [0.2, 0.25) is 0 Å². The summed E-state index contributed by atoms with van der Waals surface area (Å²) in [6, 6.07) is 5.96. The molecular weight excluding hydrogens is 160 g/mol. The van der Waals surface area contributed by atoms with E-state index in [4.69, 9.17) is 5.73 Å². The second-order valence-electron chi connectivity index (χ2n) is 3.21. The maximum atomic E-state index is 5.74. The SMILES string of the molecule is C/C=C(\C)c1cccc(C(C)N)n1. The molecule has 1 unspecified atom stereocenters. The van der Waals surface area contributed by atoms with Gasteiger partial charge in [0.05, 0.1) is 11.4 Å². The Bertz CT molecular complexity index is 314. The summed E-state index contributed by atoms with van der Waals surface area (Å²) < 4.78 is 0. The van der Waals surface area contributed by atoms with Gasteiger partial charge in [-0.25, -0.2) is 0 Å². The summed E-state index contributed by atoms with van der Waals surface area (Å²) in [5.74, 6) is 0. The average Bonchev–Trinajstić information content (AvgIpc) is 2.17. The van der Waals surface area contributed by atoms with Gasteiger partial charge in [-0.2, -0.15) is 0 Å². The Balaban J connectivity index is 3.05. The lowest BCUT2D eigenvalue weighted by Crippen LogP contribution is -2.07. The Morgan fingerprint density at radius 2 is 2.23 bits per heavy atom. The largest absolute Gasteiger partial charge is 0.323 e. The maximum absolute atomic E-state index is 5.74. The minimum atomic E-state index is 0.00426. The van der Waals surface area contributed by atoms with Gasteiger partial charge in [0.15, 0.2) is 0 Å². The highest BCUT2D eigenvalue weighted by atomic mass is 14.8. The van der Waals surface area contributed by atoms with Crippen molar-refractivity contribution in [1.82, 2.24) is 4.98 Å². The van der Waals surface area contributed by atoms with E-state index in [1.54, 1.807) is 0 Å². The molecule has 0 aliphatic carbocycles. The van der Waals surface area contributed by atoms with Crippen LogP contribution >= 0.6 is 0 Å². The molecule has 0 amide bonds. The first kappa shape index (κ1) is 9.93. The molecule has 0 aliphatic heterocycles. The molecular formula is C11H16N2. The monoisotopic (exact) mass is 176 g/mol. The van der Waals surface area contributed by atoms with E-state index in [0.29, 0.717) is 0 Å². The molecule has 1 aromatic rings. The second-order valence-corrected chi connectivity index (χ2v) is 3.21. The molecule has 1 rings (SSSR count). The summed E-state index contributed by atoms with van der Waals surface area (Å²) in [7, 11) is 0. The molecule has 2 nitrogen and oxygen atoms in total. The van der Waals surface area contributed by atoms with Crippen LogP contribution in [0.25, 0.3) is 5.57 Å². The first-order chi connectivity index (χ1) is 6.15. The Kier molecular flexibility index (Phi) is 3.20. The summed E-state index contributed by atoms with van der Waals surface area (Å²) in [6.07, 6.45) is 2.05. The molecule has 70 valence electrons. The number of hydrogen-bond donors (Lipinski definition) is 1. The molecule has 1 heterocycles. The van der Waals surface area contributed by atoms with Crippen LogP contribution in [0.1, 0.15) is 38.2 Å². The smallest absolute Gasteiger partial charge is 0.0659 e. The van der Waals surface area contributed by atoms with E-state index >= 15 is 0 Å². The van der Waals surface area contributed by atoms with Crippen LogP contribution < -0.4 is 5.73 Å². The summed E-state index contributed by atoms with van der Waals surface area (Å²) in [4.78, 5) is 4.45. The van der Waals surface area contributed by atoms with Gasteiger partial charge < -0.3 is 5.73 Å². The van der Waals surface area contributed by atoms with Gasteiger partial charge in [-0.15, -0.1) is 0 Å². The van der Waals surface area contributed by atoms with Crippen molar-refractivity contribution >= 4 is 5.57 Å². The van der Waals surface area contributed by atoms with Gasteiger partial charge in [0.1, 0.15) is 0 Å². The minimum Gasteiger partial charge on any atom is -0.323 e. The molecule has 2 N–H and O–H groups in total. The molecule has 13 heavy (non-hydrogen) atoms. The zero-order chi connectivity index (χ0) is 9.84.